The van der Waals surface area contributed by atoms with Crippen molar-refractivity contribution in [1.82, 2.24) is 9.80 Å². The van der Waals surface area contributed by atoms with E-state index >= 15 is 0 Å². The number of piperidine rings is 1. The zero-order chi connectivity index (χ0) is 15.7. The van der Waals surface area contributed by atoms with E-state index in [4.69, 9.17) is 9.84 Å². The van der Waals surface area contributed by atoms with Gasteiger partial charge >= 0.3 is 12.1 Å². The van der Waals surface area contributed by atoms with Gasteiger partial charge in [-0.3, -0.25) is 0 Å². The average Bonchev–Trinajstić information content (AvgIpc) is 2.53. The van der Waals surface area contributed by atoms with Crippen LogP contribution in [0.1, 0.15) is 18.4 Å². The van der Waals surface area contributed by atoms with Crippen molar-refractivity contribution >= 4 is 17.8 Å². The van der Waals surface area contributed by atoms with Crippen molar-refractivity contribution in [1.29, 1.82) is 0 Å². The molecule has 3 amide bonds. The van der Waals surface area contributed by atoms with Crippen LogP contribution < -0.4 is 10.1 Å². The highest BCUT2D eigenvalue weighted by Gasteiger charge is 2.33. The summed E-state index contributed by atoms with van der Waals surface area (Å²) in [6, 6.07) is 5.61. The van der Waals surface area contributed by atoms with Crippen molar-refractivity contribution in [2.45, 2.75) is 25.4 Å². The first-order chi connectivity index (χ1) is 10.6. The van der Waals surface area contributed by atoms with Crippen molar-refractivity contribution < 1.29 is 19.4 Å². The molecule has 22 heavy (non-hydrogen) atoms. The van der Waals surface area contributed by atoms with E-state index < -0.39 is 6.09 Å². The van der Waals surface area contributed by atoms with Crippen LogP contribution in [0.3, 0.4) is 0 Å². The van der Waals surface area contributed by atoms with E-state index in [9.17, 15) is 9.59 Å². The molecule has 0 spiro atoms. The first-order valence-electron chi connectivity index (χ1n) is 7.31. The number of nitrogens with zero attached hydrogens (tertiary/aromatic N) is 2. The fraction of sp³-hybridized carbons (Fsp3) is 0.467. The van der Waals surface area contributed by atoms with Gasteiger partial charge in [0, 0.05) is 25.7 Å². The highest BCUT2D eigenvalue weighted by atomic mass is 16.5. The van der Waals surface area contributed by atoms with Crippen LogP contribution in [0.2, 0.25) is 0 Å². The van der Waals surface area contributed by atoms with Gasteiger partial charge in [-0.05, 0) is 24.5 Å². The predicted octanol–water partition coefficient (Wildman–Crippen LogP) is 2.19. The fourth-order valence-electron chi connectivity index (χ4n) is 3.12. The molecule has 0 bridgehead atoms. The largest absolute Gasteiger partial charge is 0.495 e. The molecule has 0 saturated carbocycles. The quantitative estimate of drug-likeness (QED) is 0.877. The Kier molecular flexibility index (Phi) is 3.79. The number of methoxy groups -OCH3 is 1. The van der Waals surface area contributed by atoms with Crippen molar-refractivity contribution in [3.8, 4) is 5.75 Å². The Bertz CT molecular complexity index is 596. The second-order valence-electron chi connectivity index (χ2n) is 5.55. The molecule has 1 fully saturated rings. The van der Waals surface area contributed by atoms with Gasteiger partial charge in [0.1, 0.15) is 5.75 Å². The molecule has 0 aromatic heterocycles. The Morgan fingerprint density at radius 2 is 2.09 bits per heavy atom. The van der Waals surface area contributed by atoms with E-state index in [0.29, 0.717) is 38.2 Å². The van der Waals surface area contributed by atoms with Gasteiger partial charge in [0.05, 0.1) is 12.8 Å². The summed E-state index contributed by atoms with van der Waals surface area (Å²) < 4.78 is 5.28. The molecule has 2 aliphatic rings. The first kappa shape index (κ1) is 14.5. The molecule has 118 valence electrons. The van der Waals surface area contributed by atoms with Crippen molar-refractivity contribution in [3.05, 3.63) is 23.8 Å². The van der Waals surface area contributed by atoms with Crippen LogP contribution in [-0.4, -0.2) is 53.3 Å². The number of hydrogen-bond donors (Lipinski definition) is 2. The Hall–Kier alpha value is -2.44. The number of likely N-dealkylation sites (tertiary alicyclic amines) is 1. The SMILES string of the molecule is COc1cccc2c1NC(=O)N(C1CCN(C(=O)O)CC1)C2. The van der Waals surface area contributed by atoms with Gasteiger partial charge in [-0.1, -0.05) is 12.1 Å². The number of carboxylic acid groups (broad SMARTS) is 1. The molecule has 0 aliphatic carbocycles. The van der Waals surface area contributed by atoms with E-state index in [1.54, 1.807) is 12.0 Å². The molecular weight excluding hydrogens is 286 g/mol. The summed E-state index contributed by atoms with van der Waals surface area (Å²) in [7, 11) is 1.58. The van der Waals surface area contributed by atoms with Crippen LogP contribution in [0.4, 0.5) is 15.3 Å². The van der Waals surface area contributed by atoms with Crippen molar-refractivity contribution in [3.63, 3.8) is 0 Å². The highest BCUT2D eigenvalue weighted by molar-refractivity contribution is 5.94. The minimum Gasteiger partial charge on any atom is -0.495 e. The number of urea groups is 1. The molecule has 2 heterocycles. The minimum absolute atomic E-state index is 0.0648. The van der Waals surface area contributed by atoms with Crippen LogP contribution >= 0.6 is 0 Å². The van der Waals surface area contributed by atoms with Crippen LogP contribution in [0.25, 0.3) is 0 Å². The van der Waals surface area contributed by atoms with E-state index in [1.807, 2.05) is 18.2 Å². The standard InChI is InChI=1S/C15H19N3O4/c1-22-12-4-2-3-10-9-18(14(19)16-13(10)12)11-5-7-17(8-6-11)15(20)21/h2-4,11H,5-9H2,1H3,(H,16,19)(H,20,21). The van der Waals surface area contributed by atoms with E-state index in [1.165, 1.54) is 4.90 Å². The van der Waals surface area contributed by atoms with Crippen molar-refractivity contribution in [2.75, 3.05) is 25.5 Å². The molecule has 1 saturated heterocycles. The number of para-hydroxylation sites is 1. The molecule has 3 rings (SSSR count). The molecule has 2 aliphatic heterocycles. The summed E-state index contributed by atoms with van der Waals surface area (Å²) >= 11 is 0. The third kappa shape index (κ3) is 2.54. The number of hydrogen-bond acceptors (Lipinski definition) is 3. The second-order valence-corrected chi connectivity index (χ2v) is 5.55. The van der Waals surface area contributed by atoms with Crippen LogP contribution in [0.15, 0.2) is 18.2 Å². The maximum Gasteiger partial charge on any atom is 0.407 e. The molecule has 0 unspecified atom stereocenters. The lowest BCUT2D eigenvalue weighted by molar-refractivity contribution is 0.104. The molecule has 7 nitrogen and oxygen atoms in total. The van der Waals surface area contributed by atoms with Crippen LogP contribution in [-0.2, 0) is 6.54 Å². The number of fused-ring (bicyclic) bond motifs is 1. The fourth-order valence-corrected chi connectivity index (χ4v) is 3.12. The Morgan fingerprint density at radius 3 is 2.73 bits per heavy atom. The number of ether oxygens (including phenoxy) is 1. The minimum atomic E-state index is -0.892. The molecule has 0 atom stereocenters. The molecule has 0 radical (unpaired) electrons. The number of carbonyl (C=O) groups excluding carboxylic acids is 1. The summed E-state index contributed by atoms with van der Waals surface area (Å²) in [4.78, 5) is 26.5. The lowest BCUT2D eigenvalue weighted by Crippen LogP contribution is -2.50. The zero-order valence-electron chi connectivity index (χ0n) is 12.4. The van der Waals surface area contributed by atoms with Gasteiger partial charge in [-0.2, -0.15) is 0 Å². The Balaban J connectivity index is 1.74. The average molecular weight is 305 g/mol. The summed E-state index contributed by atoms with van der Waals surface area (Å²) in [5, 5.41) is 11.9. The lowest BCUT2D eigenvalue weighted by atomic mass is 10.0. The smallest absolute Gasteiger partial charge is 0.407 e. The number of carbonyl (C=O) groups is 2. The number of benzene rings is 1. The van der Waals surface area contributed by atoms with Gasteiger partial charge in [-0.15, -0.1) is 0 Å². The maximum atomic E-state index is 12.4. The first-order valence-corrected chi connectivity index (χ1v) is 7.31. The van der Waals surface area contributed by atoms with Crippen LogP contribution in [0, 0.1) is 0 Å². The van der Waals surface area contributed by atoms with E-state index in [2.05, 4.69) is 5.32 Å². The van der Waals surface area contributed by atoms with Gasteiger partial charge in [0.15, 0.2) is 0 Å². The number of rotatable bonds is 2. The van der Waals surface area contributed by atoms with Crippen LogP contribution in [0.5, 0.6) is 5.75 Å². The maximum absolute atomic E-state index is 12.4. The molecule has 1 aromatic rings. The molecule has 7 heteroatoms. The van der Waals surface area contributed by atoms with Gasteiger partial charge in [0.2, 0.25) is 0 Å². The highest BCUT2D eigenvalue weighted by Crippen LogP contribution is 2.34. The van der Waals surface area contributed by atoms with E-state index in [-0.39, 0.29) is 12.1 Å². The normalized spacial score (nSPS) is 18.7. The molecule has 1 aromatic carbocycles. The molecular formula is C15H19N3O4. The monoisotopic (exact) mass is 305 g/mol. The summed E-state index contributed by atoms with van der Waals surface area (Å²) in [6.45, 7) is 1.46. The number of amides is 3. The predicted molar refractivity (Wildman–Crippen MR) is 80.2 cm³/mol. The number of nitrogens with one attached hydrogen (secondary N) is 1. The zero-order valence-corrected chi connectivity index (χ0v) is 12.4. The summed E-state index contributed by atoms with van der Waals surface area (Å²) in [6.07, 6.45) is 0.439. The topological polar surface area (TPSA) is 82.1 Å². The molecule has 2 N–H and O–H groups in total. The third-order valence-electron chi connectivity index (χ3n) is 4.34. The van der Waals surface area contributed by atoms with E-state index in [0.717, 1.165) is 11.3 Å². The van der Waals surface area contributed by atoms with Gasteiger partial charge in [0.25, 0.3) is 0 Å². The second kappa shape index (κ2) is 5.75. The van der Waals surface area contributed by atoms with Gasteiger partial charge in [-0.25, -0.2) is 9.59 Å². The Labute approximate surface area is 128 Å². The number of anilines is 1. The Morgan fingerprint density at radius 1 is 1.36 bits per heavy atom. The van der Waals surface area contributed by atoms with Crippen molar-refractivity contribution in [2.24, 2.45) is 0 Å². The summed E-state index contributed by atoms with van der Waals surface area (Å²) in [5.74, 6) is 0.659. The third-order valence-corrected chi connectivity index (χ3v) is 4.34. The summed E-state index contributed by atoms with van der Waals surface area (Å²) in [5.41, 5.74) is 1.74. The van der Waals surface area contributed by atoms with Gasteiger partial charge < -0.3 is 25.0 Å². The lowest BCUT2D eigenvalue weighted by Gasteiger charge is -2.40.